The molecule has 0 aliphatic heterocycles. The standard InChI is InChI=1S/C15H15FO/c1-2-15(17,12-7-4-3-5-8-12)13-9-6-10-14(16)11-13/h3-11,17H,2H2,1H3. The summed E-state index contributed by atoms with van der Waals surface area (Å²) in [7, 11) is 0. The highest BCUT2D eigenvalue weighted by Gasteiger charge is 2.29. The van der Waals surface area contributed by atoms with Gasteiger partial charge in [0.2, 0.25) is 0 Å². The van der Waals surface area contributed by atoms with Gasteiger partial charge in [-0.2, -0.15) is 0 Å². The lowest BCUT2D eigenvalue weighted by Gasteiger charge is -2.28. The minimum absolute atomic E-state index is 0.328. The van der Waals surface area contributed by atoms with E-state index in [0.29, 0.717) is 12.0 Å². The number of hydrogen-bond acceptors (Lipinski definition) is 1. The minimum Gasteiger partial charge on any atom is -0.380 e. The van der Waals surface area contributed by atoms with E-state index in [2.05, 4.69) is 0 Å². The van der Waals surface area contributed by atoms with Crippen LogP contribution in [0.25, 0.3) is 0 Å². The maximum atomic E-state index is 13.2. The lowest BCUT2D eigenvalue weighted by atomic mass is 9.84. The second-order valence-electron chi connectivity index (χ2n) is 4.09. The van der Waals surface area contributed by atoms with Crippen molar-refractivity contribution < 1.29 is 9.50 Å². The maximum absolute atomic E-state index is 13.2. The van der Waals surface area contributed by atoms with E-state index in [0.717, 1.165) is 5.56 Å². The zero-order valence-corrected chi connectivity index (χ0v) is 9.73. The van der Waals surface area contributed by atoms with Crippen molar-refractivity contribution in [1.29, 1.82) is 0 Å². The van der Waals surface area contributed by atoms with E-state index >= 15 is 0 Å². The van der Waals surface area contributed by atoms with Crippen LogP contribution in [0.2, 0.25) is 0 Å². The molecule has 2 aromatic rings. The molecule has 0 bridgehead atoms. The summed E-state index contributed by atoms with van der Waals surface area (Å²) in [5, 5.41) is 10.7. The zero-order valence-electron chi connectivity index (χ0n) is 9.73. The van der Waals surface area contributed by atoms with E-state index in [-0.39, 0.29) is 5.82 Å². The van der Waals surface area contributed by atoms with Crippen molar-refractivity contribution in [2.24, 2.45) is 0 Å². The predicted octanol–water partition coefficient (Wildman–Crippen LogP) is 3.47. The van der Waals surface area contributed by atoms with Crippen LogP contribution in [0.1, 0.15) is 24.5 Å². The fourth-order valence-corrected chi connectivity index (χ4v) is 2.03. The quantitative estimate of drug-likeness (QED) is 0.856. The summed E-state index contributed by atoms with van der Waals surface area (Å²) in [4.78, 5) is 0. The molecule has 17 heavy (non-hydrogen) atoms. The van der Waals surface area contributed by atoms with Crippen LogP contribution < -0.4 is 0 Å². The molecule has 0 aliphatic rings. The third kappa shape index (κ3) is 2.22. The van der Waals surface area contributed by atoms with Crippen LogP contribution in [-0.4, -0.2) is 5.11 Å². The van der Waals surface area contributed by atoms with E-state index in [4.69, 9.17) is 0 Å². The van der Waals surface area contributed by atoms with E-state index in [1.807, 2.05) is 37.3 Å². The minimum atomic E-state index is -1.12. The van der Waals surface area contributed by atoms with Gasteiger partial charge in [-0.1, -0.05) is 49.4 Å². The van der Waals surface area contributed by atoms with Gasteiger partial charge in [0.1, 0.15) is 11.4 Å². The Balaban J connectivity index is 2.52. The van der Waals surface area contributed by atoms with Crippen molar-refractivity contribution >= 4 is 0 Å². The maximum Gasteiger partial charge on any atom is 0.123 e. The third-order valence-corrected chi connectivity index (χ3v) is 3.07. The Morgan fingerprint density at radius 2 is 1.65 bits per heavy atom. The molecule has 0 saturated heterocycles. The first-order chi connectivity index (χ1) is 8.16. The monoisotopic (exact) mass is 230 g/mol. The lowest BCUT2D eigenvalue weighted by molar-refractivity contribution is 0.0762. The Morgan fingerprint density at radius 3 is 2.24 bits per heavy atom. The fraction of sp³-hybridized carbons (Fsp3) is 0.200. The van der Waals surface area contributed by atoms with Gasteiger partial charge >= 0.3 is 0 Å². The normalized spacial score (nSPS) is 14.3. The molecule has 1 unspecified atom stereocenters. The first-order valence-electron chi connectivity index (χ1n) is 5.71. The van der Waals surface area contributed by atoms with Gasteiger partial charge in [0.05, 0.1) is 0 Å². The Bertz CT molecular complexity index is 495. The summed E-state index contributed by atoms with van der Waals surface area (Å²) in [5.41, 5.74) is 0.253. The predicted molar refractivity (Wildman–Crippen MR) is 66.1 cm³/mol. The second kappa shape index (κ2) is 4.68. The van der Waals surface area contributed by atoms with Gasteiger partial charge < -0.3 is 5.11 Å². The van der Waals surface area contributed by atoms with Crippen LogP contribution in [0.5, 0.6) is 0 Å². The average Bonchev–Trinajstić information content (AvgIpc) is 2.39. The molecular formula is C15H15FO. The summed E-state index contributed by atoms with van der Waals surface area (Å²) in [5.74, 6) is -0.328. The largest absolute Gasteiger partial charge is 0.380 e. The van der Waals surface area contributed by atoms with Gasteiger partial charge in [0.15, 0.2) is 0 Å². The van der Waals surface area contributed by atoms with Crippen LogP contribution in [0.15, 0.2) is 54.6 Å². The molecule has 2 aromatic carbocycles. The Morgan fingerprint density at radius 1 is 1.00 bits per heavy atom. The van der Waals surface area contributed by atoms with Crippen LogP contribution in [0.3, 0.4) is 0 Å². The van der Waals surface area contributed by atoms with Gasteiger partial charge in [0, 0.05) is 0 Å². The lowest BCUT2D eigenvalue weighted by Crippen LogP contribution is -2.26. The molecule has 1 atom stereocenters. The molecule has 0 spiro atoms. The van der Waals surface area contributed by atoms with Crippen LogP contribution in [0.4, 0.5) is 4.39 Å². The number of aliphatic hydroxyl groups is 1. The van der Waals surface area contributed by atoms with Crippen LogP contribution in [0, 0.1) is 5.82 Å². The van der Waals surface area contributed by atoms with E-state index in [9.17, 15) is 9.50 Å². The number of rotatable bonds is 3. The van der Waals surface area contributed by atoms with Crippen molar-refractivity contribution in [3.63, 3.8) is 0 Å². The van der Waals surface area contributed by atoms with E-state index < -0.39 is 5.60 Å². The van der Waals surface area contributed by atoms with Crippen LogP contribution >= 0.6 is 0 Å². The topological polar surface area (TPSA) is 20.2 Å². The molecule has 0 saturated carbocycles. The molecule has 0 fully saturated rings. The average molecular weight is 230 g/mol. The van der Waals surface area contributed by atoms with Gasteiger partial charge in [0.25, 0.3) is 0 Å². The zero-order chi connectivity index (χ0) is 12.3. The highest BCUT2D eigenvalue weighted by atomic mass is 19.1. The highest BCUT2D eigenvalue weighted by molar-refractivity contribution is 5.35. The van der Waals surface area contributed by atoms with Gasteiger partial charge in [-0.25, -0.2) is 4.39 Å². The first-order valence-corrected chi connectivity index (χ1v) is 5.71. The van der Waals surface area contributed by atoms with Crippen molar-refractivity contribution in [3.05, 3.63) is 71.5 Å². The SMILES string of the molecule is CCC(O)(c1ccccc1)c1cccc(F)c1. The summed E-state index contributed by atoms with van der Waals surface area (Å²) in [6.07, 6.45) is 0.500. The number of hydrogen-bond donors (Lipinski definition) is 1. The highest BCUT2D eigenvalue weighted by Crippen LogP contribution is 2.32. The number of benzene rings is 2. The molecule has 2 rings (SSSR count). The molecule has 0 aliphatic carbocycles. The van der Waals surface area contributed by atoms with E-state index in [1.54, 1.807) is 12.1 Å². The Labute approximate surface area is 101 Å². The molecular weight excluding hydrogens is 215 g/mol. The van der Waals surface area contributed by atoms with Crippen molar-refractivity contribution in [1.82, 2.24) is 0 Å². The molecule has 0 aromatic heterocycles. The van der Waals surface area contributed by atoms with Gasteiger partial charge in [-0.15, -0.1) is 0 Å². The van der Waals surface area contributed by atoms with Crippen molar-refractivity contribution in [3.8, 4) is 0 Å². The Kier molecular flexibility index (Phi) is 3.25. The number of halogens is 1. The van der Waals surface area contributed by atoms with Crippen LogP contribution in [-0.2, 0) is 5.60 Å². The molecule has 88 valence electrons. The van der Waals surface area contributed by atoms with Gasteiger partial charge in [-0.3, -0.25) is 0 Å². The molecule has 2 heteroatoms. The van der Waals surface area contributed by atoms with Crippen molar-refractivity contribution in [2.45, 2.75) is 18.9 Å². The third-order valence-electron chi connectivity index (χ3n) is 3.07. The second-order valence-corrected chi connectivity index (χ2v) is 4.09. The first kappa shape index (κ1) is 11.8. The summed E-state index contributed by atoms with van der Waals surface area (Å²) < 4.78 is 13.2. The van der Waals surface area contributed by atoms with E-state index in [1.165, 1.54) is 12.1 Å². The summed E-state index contributed by atoms with van der Waals surface area (Å²) in [6, 6.07) is 15.5. The summed E-state index contributed by atoms with van der Waals surface area (Å²) in [6.45, 7) is 1.89. The fourth-order valence-electron chi connectivity index (χ4n) is 2.03. The molecule has 0 amide bonds. The summed E-state index contributed by atoms with van der Waals surface area (Å²) >= 11 is 0. The molecule has 1 N–H and O–H groups in total. The molecule has 0 heterocycles. The smallest absolute Gasteiger partial charge is 0.123 e. The molecule has 0 radical (unpaired) electrons. The van der Waals surface area contributed by atoms with Crippen molar-refractivity contribution in [2.75, 3.05) is 0 Å². The molecule has 1 nitrogen and oxygen atoms in total. The van der Waals surface area contributed by atoms with Gasteiger partial charge in [-0.05, 0) is 29.7 Å². The Hall–Kier alpha value is -1.67.